The van der Waals surface area contributed by atoms with E-state index in [-0.39, 0.29) is 11.3 Å². The van der Waals surface area contributed by atoms with Crippen LogP contribution in [0.5, 0.6) is 11.5 Å². The first-order valence-corrected chi connectivity index (χ1v) is 8.10. The van der Waals surface area contributed by atoms with Crippen molar-refractivity contribution >= 4 is 17.4 Å². The maximum atomic E-state index is 8.93. The number of hydrogen-bond acceptors (Lipinski definition) is 5. The van der Waals surface area contributed by atoms with Crippen LogP contribution in [0, 0.1) is 11.3 Å². The standard InChI is InChI=1S/C18H18ClN3O2/c1-18(2)10-12-4-3-5-15(17(12)24-18)23-9-8-21-16-7-6-13(19)14(11-20)22-16/h3-7H,8-10H2,1-2H3,(H,21,22). The number of aromatic nitrogens is 1. The summed E-state index contributed by atoms with van der Waals surface area (Å²) >= 11 is 5.86. The third-order valence-electron chi connectivity index (χ3n) is 3.67. The number of fused-ring (bicyclic) bond motifs is 1. The predicted molar refractivity (Wildman–Crippen MR) is 92.8 cm³/mol. The number of halogens is 1. The smallest absolute Gasteiger partial charge is 0.165 e. The van der Waals surface area contributed by atoms with Crippen molar-refractivity contribution in [3.8, 4) is 17.6 Å². The maximum Gasteiger partial charge on any atom is 0.165 e. The Labute approximate surface area is 146 Å². The van der Waals surface area contributed by atoms with Gasteiger partial charge in [0.2, 0.25) is 0 Å². The van der Waals surface area contributed by atoms with Crippen LogP contribution in [0.15, 0.2) is 30.3 Å². The molecule has 24 heavy (non-hydrogen) atoms. The minimum Gasteiger partial charge on any atom is -0.488 e. The molecule has 1 aliphatic heterocycles. The van der Waals surface area contributed by atoms with Crippen LogP contribution < -0.4 is 14.8 Å². The Bertz CT molecular complexity index is 799. The Balaban J connectivity index is 1.57. The lowest BCUT2D eigenvalue weighted by atomic mass is 10.0. The number of nitrogens with one attached hydrogen (secondary N) is 1. The molecular weight excluding hydrogens is 326 g/mol. The molecule has 0 radical (unpaired) electrons. The number of nitriles is 1. The summed E-state index contributed by atoms with van der Waals surface area (Å²) in [5.74, 6) is 2.18. The van der Waals surface area contributed by atoms with E-state index in [1.165, 1.54) is 5.56 Å². The molecule has 0 unspecified atom stereocenters. The van der Waals surface area contributed by atoms with Crippen molar-refractivity contribution in [2.45, 2.75) is 25.9 Å². The molecule has 0 saturated carbocycles. The molecule has 6 heteroatoms. The first kappa shape index (κ1) is 16.4. The zero-order valence-corrected chi connectivity index (χ0v) is 14.4. The fourth-order valence-electron chi connectivity index (χ4n) is 2.66. The summed E-state index contributed by atoms with van der Waals surface area (Å²) in [7, 11) is 0. The molecule has 0 aliphatic carbocycles. The van der Waals surface area contributed by atoms with Crippen LogP contribution in [0.4, 0.5) is 5.82 Å². The Morgan fingerprint density at radius 2 is 2.21 bits per heavy atom. The lowest BCUT2D eigenvalue weighted by Gasteiger charge is -2.18. The van der Waals surface area contributed by atoms with E-state index in [1.807, 2.05) is 18.2 Å². The van der Waals surface area contributed by atoms with E-state index in [0.29, 0.717) is 24.0 Å². The van der Waals surface area contributed by atoms with E-state index in [2.05, 4.69) is 30.2 Å². The van der Waals surface area contributed by atoms with Crippen LogP contribution >= 0.6 is 11.6 Å². The molecular formula is C18H18ClN3O2. The van der Waals surface area contributed by atoms with Crippen molar-refractivity contribution < 1.29 is 9.47 Å². The average Bonchev–Trinajstić information content (AvgIpc) is 2.87. The molecule has 1 aliphatic rings. The molecule has 1 N–H and O–H groups in total. The van der Waals surface area contributed by atoms with Gasteiger partial charge in [-0.05, 0) is 32.0 Å². The fourth-order valence-corrected chi connectivity index (χ4v) is 2.81. The van der Waals surface area contributed by atoms with Crippen molar-refractivity contribution in [1.82, 2.24) is 4.98 Å². The van der Waals surface area contributed by atoms with Crippen molar-refractivity contribution in [3.05, 3.63) is 46.6 Å². The topological polar surface area (TPSA) is 67.2 Å². The number of benzene rings is 1. The predicted octanol–water partition coefficient (Wildman–Crippen LogP) is 3.81. The van der Waals surface area contributed by atoms with Crippen LogP contribution in [-0.4, -0.2) is 23.7 Å². The van der Waals surface area contributed by atoms with Gasteiger partial charge in [0.15, 0.2) is 17.2 Å². The lowest BCUT2D eigenvalue weighted by molar-refractivity contribution is 0.132. The van der Waals surface area contributed by atoms with Gasteiger partial charge in [0, 0.05) is 12.0 Å². The number of nitrogens with zero attached hydrogens (tertiary/aromatic N) is 2. The second kappa shape index (κ2) is 6.58. The zero-order valence-electron chi connectivity index (χ0n) is 13.6. The van der Waals surface area contributed by atoms with Gasteiger partial charge in [-0.3, -0.25) is 0 Å². The molecule has 2 heterocycles. The fraction of sp³-hybridized carbons (Fsp3) is 0.333. The molecule has 2 aromatic rings. The molecule has 3 rings (SSSR count). The van der Waals surface area contributed by atoms with Crippen LogP contribution in [0.3, 0.4) is 0 Å². The number of anilines is 1. The normalized spacial score (nSPS) is 14.4. The van der Waals surface area contributed by atoms with Gasteiger partial charge in [-0.15, -0.1) is 0 Å². The van der Waals surface area contributed by atoms with Crippen molar-refractivity contribution in [1.29, 1.82) is 5.26 Å². The average molecular weight is 344 g/mol. The number of ether oxygens (including phenoxy) is 2. The van der Waals surface area contributed by atoms with E-state index >= 15 is 0 Å². The Morgan fingerprint density at radius 3 is 3.00 bits per heavy atom. The highest BCUT2D eigenvalue weighted by Gasteiger charge is 2.32. The molecule has 0 bridgehead atoms. The van der Waals surface area contributed by atoms with Gasteiger partial charge >= 0.3 is 0 Å². The van der Waals surface area contributed by atoms with E-state index in [9.17, 15) is 0 Å². The number of para-hydroxylation sites is 1. The van der Waals surface area contributed by atoms with Crippen molar-refractivity contribution in [3.63, 3.8) is 0 Å². The summed E-state index contributed by atoms with van der Waals surface area (Å²) in [4.78, 5) is 4.13. The van der Waals surface area contributed by atoms with Gasteiger partial charge in [0.1, 0.15) is 24.1 Å². The van der Waals surface area contributed by atoms with Crippen LogP contribution in [0.2, 0.25) is 5.02 Å². The van der Waals surface area contributed by atoms with Gasteiger partial charge in [-0.1, -0.05) is 23.7 Å². The van der Waals surface area contributed by atoms with E-state index in [0.717, 1.165) is 17.9 Å². The number of hydrogen-bond donors (Lipinski definition) is 1. The molecule has 0 fully saturated rings. The Kier molecular flexibility index (Phi) is 4.50. The minimum atomic E-state index is -0.193. The van der Waals surface area contributed by atoms with Crippen molar-refractivity contribution in [2.75, 3.05) is 18.5 Å². The highest BCUT2D eigenvalue weighted by atomic mass is 35.5. The molecule has 0 saturated heterocycles. The van der Waals surface area contributed by atoms with Gasteiger partial charge in [0.25, 0.3) is 0 Å². The lowest BCUT2D eigenvalue weighted by Crippen LogP contribution is -2.24. The van der Waals surface area contributed by atoms with Gasteiger partial charge in [-0.2, -0.15) is 5.26 Å². The van der Waals surface area contributed by atoms with Crippen LogP contribution in [-0.2, 0) is 6.42 Å². The summed E-state index contributed by atoms with van der Waals surface area (Å²) in [6, 6.07) is 11.3. The maximum absolute atomic E-state index is 8.93. The van der Waals surface area contributed by atoms with E-state index in [4.69, 9.17) is 26.3 Å². The van der Waals surface area contributed by atoms with Gasteiger partial charge < -0.3 is 14.8 Å². The molecule has 124 valence electrons. The number of pyridine rings is 1. The Hall–Kier alpha value is -2.45. The van der Waals surface area contributed by atoms with E-state index in [1.54, 1.807) is 12.1 Å². The highest BCUT2D eigenvalue weighted by molar-refractivity contribution is 6.31. The summed E-state index contributed by atoms with van der Waals surface area (Å²) in [6.07, 6.45) is 0.878. The molecule has 0 amide bonds. The van der Waals surface area contributed by atoms with E-state index < -0.39 is 0 Å². The molecule has 5 nitrogen and oxygen atoms in total. The molecule has 0 atom stereocenters. The quantitative estimate of drug-likeness (QED) is 0.836. The molecule has 0 spiro atoms. The highest BCUT2D eigenvalue weighted by Crippen LogP contribution is 2.41. The third kappa shape index (κ3) is 3.55. The van der Waals surface area contributed by atoms with Crippen LogP contribution in [0.25, 0.3) is 0 Å². The largest absolute Gasteiger partial charge is 0.488 e. The summed E-state index contributed by atoms with van der Waals surface area (Å²) in [5.41, 5.74) is 1.18. The summed E-state index contributed by atoms with van der Waals surface area (Å²) in [6.45, 7) is 5.13. The first-order valence-electron chi connectivity index (χ1n) is 7.73. The second-order valence-corrected chi connectivity index (χ2v) is 6.60. The Morgan fingerprint density at radius 1 is 1.38 bits per heavy atom. The van der Waals surface area contributed by atoms with Gasteiger partial charge in [-0.25, -0.2) is 4.98 Å². The molecule has 1 aromatic carbocycles. The van der Waals surface area contributed by atoms with Crippen LogP contribution in [0.1, 0.15) is 25.1 Å². The third-order valence-corrected chi connectivity index (χ3v) is 3.98. The second-order valence-electron chi connectivity index (χ2n) is 6.20. The zero-order chi connectivity index (χ0) is 17.2. The SMILES string of the molecule is CC1(C)Cc2cccc(OCCNc3ccc(Cl)c(C#N)n3)c2O1. The summed E-state index contributed by atoms with van der Waals surface area (Å²) in [5, 5.41) is 12.4. The monoisotopic (exact) mass is 343 g/mol. The summed E-state index contributed by atoms with van der Waals surface area (Å²) < 4.78 is 11.8. The minimum absolute atomic E-state index is 0.193. The van der Waals surface area contributed by atoms with Gasteiger partial charge in [0.05, 0.1) is 11.6 Å². The first-order chi connectivity index (χ1) is 11.5. The number of rotatable bonds is 5. The van der Waals surface area contributed by atoms with Crippen molar-refractivity contribution in [2.24, 2.45) is 0 Å². The molecule has 1 aromatic heterocycles.